The van der Waals surface area contributed by atoms with E-state index >= 15 is 0 Å². The number of likely N-dealkylation sites (tertiary alicyclic amines) is 1. The summed E-state index contributed by atoms with van der Waals surface area (Å²) in [7, 11) is 0. The van der Waals surface area contributed by atoms with Crippen molar-refractivity contribution in [2.45, 2.75) is 44.3 Å². The second-order valence-corrected chi connectivity index (χ2v) is 5.63. The van der Waals surface area contributed by atoms with Crippen LogP contribution in [0.25, 0.3) is 0 Å². The maximum Gasteiger partial charge on any atom is 0.325 e. The predicted molar refractivity (Wildman–Crippen MR) is 80.2 cm³/mol. The topological polar surface area (TPSA) is 141 Å². The molecule has 9 heteroatoms. The zero-order valence-electron chi connectivity index (χ0n) is 12.9. The Morgan fingerprint density at radius 2 is 2.30 bits per heavy atom. The van der Waals surface area contributed by atoms with Gasteiger partial charge in [0, 0.05) is 19.2 Å². The number of carbonyl (C=O) groups excluding carboxylic acids is 2. The fraction of sp³-hybridized carbons (Fsp3) is 0.571. The number of hydrogen-bond acceptors (Lipinski definition) is 5. The van der Waals surface area contributed by atoms with Gasteiger partial charge in [-0.15, -0.1) is 0 Å². The molecular weight excluding hydrogens is 302 g/mol. The molecule has 1 aliphatic rings. The molecular formula is C14H21N5O4. The van der Waals surface area contributed by atoms with Crippen LogP contribution in [0.3, 0.4) is 0 Å². The van der Waals surface area contributed by atoms with Crippen LogP contribution < -0.4 is 11.1 Å². The van der Waals surface area contributed by atoms with E-state index in [1.165, 1.54) is 18.2 Å². The normalized spacial score (nSPS) is 20.1. The highest BCUT2D eigenvalue weighted by molar-refractivity contribution is 5.92. The average molecular weight is 323 g/mol. The van der Waals surface area contributed by atoms with E-state index in [0.717, 1.165) is 0 Å². The molecule has 23 heavy (non-hydrogen) atoms. The summed E-state index contributed by atoms with van der Waals surface area (Å²) in [4.78, 5) is 43.7. The fourth-order valence-electron chi connectivity index (χ4n) is 2.60. The van der Waals surface area contributed by atoms with Crippen LogP contribution in [0.5, 0.6) is 0 Å². The van der Waals surface area contributed by atoms with Crippen LogP contribution in [0.2, 0.25) is 0 Å². The molecule has 2 amide bonds. The molecule has 2 heterocycles. The Kier molecular flexibility index (Phi) is 5.32. The molecule has 126 valence electrons. The van der Waals surface area contributed by atoms with E-state index in [4.69, 9.17) is 10.8 Å². The van der Waals surface area contributed by atoms with Gasteiger partial charge in [0.2, 0.25) is 11.8 Å². The largest absolute Gasteiger partial charge is 0.480 e. The number of aromatic amines is 1. The molecule has 1 aliphatic heterocycles. The number of H-pyrrole nitrogens is 1. The summed E-state index contributed by atoms with van der Waals surface area (Å²) in [5.74, 6) is -1.91. The fourth-order valence-corrected chi connectivity index (χ4v) is 2.60. The molecule has 3 atom stereocenters. The molecule has 0 aliphatic carbocycles. The van der Waals surface area contributed by atoms with E-state index in [9.17, 15) is 14.4 Å². The molecule has 0 spiro atoms. The standard InChI is InChI=1S/C14H21N5O4/c1-8(14(22)23)18-12(20)11-3-2-4-19(11)13(21)10(15)5-9-6-16-7-17-9/h6-8,10-11H,2-5,15H2,1H3,(H,16,17)(H,18,20)(H,22,23)/t8-,10+,11+/m1/s1. The van der Waals surface area contributed by atoms with E-state index in [1.54, 1.807) is 6.20 Å². The first-order valence-corrected chi connectivity index (χ1v) is 7.47. The molecule has 0 saturated carbocycles. The van der Waals surface area contributed by atoms with Crippen molar-refractivity contribution >= 4 is 17.8 Å². The first-order valence-electron chi connectivity index (χ1n) is 7.47. The summed E-state index contributed by atoms with van der Waals surface area (Å²) in [6, 6.07) is -2.46. The van der Waals surface area contributed by atoms with Gasteiger partial charge in [-0.2, -0.15) is 0 Å². The van der Waals surface area contributed by atoms with Gasteiger partial charge in [0.1, 0.15) is 12.1 Å². The summed E-state index contributed by atoms with van der Waals surface area (Å²) in [6.45, 7) is 1.82. The highest BCUT2D eigenvalue weighted by Gasteiger charge is 2.37. The highest BCUT2D eigenvalue weighted by Crippen LogP contribution is 2.19. The maximum atomic E-state index is 12.5. The van der Waals surface area contributed by atoms with Gasteiger partial charge in [-0.05, 0) is 19.8 Å². The number of carboxylic acids is 1. The quantitative estimate of drug-likeness (QED) is 0.521. The van der Waals surface area contributed by atoms with Crippen molar-refractivity contribution in [2.24, 2.45) is 5.73 Å². The van der Waals surface area contributed by atoms with Gasteiger partial charge in [-0.25, -0.2) is 4.98 Å². The van der Waals surface area contributed by atoms with E-state index in [1.807, 2.05) is 0 Å². The molecule has 0 aromatic carbocycles. The molecule has 9 nitrogen and oxygen atoms in total. The van der Waals surface area contributed by atoms with Crippen molar-refractivity contribution in [1.29, 1.82) is 0 Å². The second-order valence-electron chi connectivity index (χ2n) is 5.63. The minimum atomic E-state index is -1.12. The number of nitrogens with one attached hydrogen (secondary N) is 2. The summed E-state index contributed by atoms with van der Waals surface area (Å²) in [5.41, 5.74) is 6.60. The number of carboxylic acid groups (broad SMARTS) is 1. The molecule has 0 bridgehead atoms. The van der Waals surface area contributed by atoms with Crippen LogP contribution in [0.15, 0.2) is 12.5 Å². The zero-order chi connectivity index (χ0) is 17.0. The van der Waals surface area contributed by atoms with E-state index in [-0.39, 0.29) is 12.3 Å². The molecule has 1 aromatic rings. The number of carbonyl (C=O) groups is 3. The number of nitrogens with zero attached hydrogens (tertiary/aromatic N) is 2. The van der Waals surface area contributed by atoms with E-state index < -0.39 is 30.0 Å². The van der Waals surface area contributed by atoms with Gasteiger partial charge in [0.05, 0.1) is 18.1 Å². The molecule has 0 unspecified atom stereocenters. The Morgan fingerprint density at radius 3 is 2.91 bits per heavy atom. The molecule has 1 aromatic heterocycles. The Hall–Kier alpha value is -2.42. The lowest BCUT2D eigenvalue weighted by Gasteiger charge is -2.27. The van der Waals surface area contributed by atoms with Crippen molar-refractivity contribution in [1.82, 2.24) is 20.2 Å². The summed E-state index contributed by atoms with van der Waals surface area (Å²) < 4.78 is 0. The number of nitrogens with two attached hydrogens (primary N) is 1. The monoisotopic (exact) mass is 323 g/mol. The first kappa shape index (κ1) is 16.9. The smallest absolute Gasteiger partial charge is 0.325 e. The lowest BCUT2D eigenvalue weighted by Crippen LogP contribution is -2.53. The van der Waals surface area contributed by atoms with Crippen molar-refractivity contribution in [2.75, 3.05) is 6.54 Å². The van der Waals surface area contributed by atoms with Crippen LogP contribution in [-0.4, -0.2) is 62.4 Å². The third-order valence-corrected chi connectivity index (χ3v) is 3.87. The lowest BCUT2D eigenvalue weighted by atomic mass is 10.1. The van der Waals surface area contributed by atoms with Crippen molar-refractivity contribution < 1.29 is 19.5 Å². The minimum Gasteiger partial charge on any atom is -0.480 e. The van der Waals surface area contributed by atoms with Crippen LogP contribution in [0, 0.1) is 0 Å². The average Bonchev–Trinajstić information content (AvgIpc) is 3.17. The Morgan fingerprint density at radius 1 is 1.57 bits per heavy atom. The number of imidazole rings is 1. The van der Waals surface area contributed by atoms with Gasteiger partial charge < -0.3 is 26.0 Å². The Bertz CT molecular complexity index is 574. The highest BCUT2D eigenvalue weighted by atomic mass is 16.4. The van der Waals surface area contributed by atoms with Crippen LogP contribution in [-0.2, 0) is 20.8 Å². The first-order chi connectivity index (χ1) is 10.9. The van der Waals surface area contributed by atoms with Crippen molar-refractivity contribution in [3.05, 3.63) is 18.2 Å². The van der Waals surface area contributed by atoms with Gasteiger partial charge >= 0.3 is 5.97 Å². The lowest BCUT2D eigenvalue weighted by molar-refractivity contribution is -0.143. The second kappa shape index (κ2) is 7.23. The Labute approximate surface area is 133 Å². The molecule has 0 radical (unpaired) electrons. The predicted octanol–water partition coefficient (Wildman–Crippen LogP) is -1.14. The Balaban J connectivity index is 1.98. The number of rotatable bonds is 6. The summed E-state index contributed by atoms with van der Waals surface area (Å²) in [6.07, 6.45) is 4.62. The van der Waals surface area contributed by atoms with Crippen LogP contribution >= 0.6 is 0 Å². The molecule has 5 N–H and O–H groups in total. The third kappa shape index (κ3) is 4.07. The summed E-state index contributed by atoms with van der Waals surface area (Å²) >= 11 is 0. The number of hydrogen-bond donors (Lipinski definition) is 4. The third-order valence-electron chi connectivity index (χ3n) is 3.87. The summed E-state index contributed by atoms with van der Waals surface area (Å²) in [5, 5.41) is 11.3. The van der Waals surface area contributed by atoms with E-state index in [0.29, 0.717) is 25.1 Å². The van der Waals surface area contributed by atoms with E-state index in [2.05, 4.69) is 15.3 Å². The SMILES string of the molecule is C[C@@H](NC(=O)[C@@H]1CCCN1C(=O)[C@@H](N)Cc1c[nH]cn1)C(=O)O. The number of amides is 2. The van der Waals surface area contributed by atoms with Gasteiger partial charge in [0.15, 0.2) is 0 Å². The minimum absolute atomic E-state index is 0.276. The van der Waals surface area contributed by atoms with Gasteiger partial charge in [-0.3, -0.25) is 14.4 Å². The molecule has 2 rings (SSSR count). The zero-order valence-corrected chi connectivity index (χ0v) is 12.9. The van der Waals surface area contributed by atoms with Gasteiger partial charge in [0.25, 0.3) is 0 Å². The van der Waals surface area contributed by atoms with Crippen molar-refractivity contribution in [3.63, 3.8) is 0 Å². The van der Waals surface area contributed by atoms with Crippen LogP contribution in [0.1, 0.15) is 25.5 Å². The van der Waals surface area contributed by atoms with Gasteiger partial charge in [-0.1, -0.05) is 0 Å². The maximum absolute atomic E-state index is 12.5. The molecule has 1 saturated heterocycles. The number of aromatic nitrogens is 2. The van der Waals surface area contributed by atoms with Crippen LogP contribution in [0.4, 0.5) is 0 Å². The molecule has 1 fully saturated rings. The van der Waals surface area contributed by atoms with Crippen molar-refractivity contribution in [3.8, 4) is 0 Å². The number of aliphatic carboxylic acids is 1.